The second kappa shape index (κ2) is 8.81. The lowest BCUT2D eigenvalue weighted by atomic mass is 9.73. The van der Waals surface area contributed by atoms with E-state index in [1.165, 1.54) is 5.56 Å². The van der Waals surface area contributed by atoms with Crippen LogP contribution in [0.2, 0.25) is 0 Å². The lowest BCUT2D eigenvalue weighted by Crippen LogP contribution is -2.48. The monoisotopic (exact) mass is 344 g/mol. The molecule has 2 aliphatic rings. The van der Waals surface area contributed by atoms with Crippen LogP contribution in [0.4, 0.5) is 0 Å². The highest BCUT2D eigenvalue weighted by atomic mass is 16.5. The van der Waals surface area contributed by atoms with E-state index in [9.17, 15) is 4.79 Å². The fourth-order valence-electron chi connectivity index (χ4n) is 4.30. The maximum Gasteiger partial charge on any atom is 0.222 e. The highest BCUT2D eigenvalue weighted by molar-refractivity contribution is 5.79. The molecule has 4 heteroatoms. The molecular weight excluding hydrogens is 312 g/mol. The summed E-state index contributed by atoms with van der Waals surface area (Å²) in [6.45, 7) is 6.68. The standard InChI is InChI=1S/C21H32N2O2/c1-2-13-22-14-10-19-8-9-20(24)23(19)17-21(11-15-25-16-12-21)18-6-4-3-5-7-18/h3-7,19,22H,2,8-17H2,1H3/t19-/m0/s1. The first-order chi connectivity index (χ1) is 12.2. The van der Waals surface area contributed by atoms with E-state index in [4.69, 9.17) is 4.74 Å². The van der Waals surface area contributed by atoms with Gasteiger partial charge in [-0.05, 0) is 50.8 Å². The SMILES string of the molecule is CCCNCC[C@@H]1CCC(=O)N1CC1(c2ccccc2)CCOCC1. The molecule has 1 aromatic rings. The fraction of sp³-hybridized carbons (Fsp3) is 0.667. The zero-order valence-electron chi connectivity index (χ0n) is 15.5. The first-order valence-corrected chi connectivity index (χ1v) is 9.89. The predicted octanol–water partition coefficient (Wildman–Crippen LogP) is 3.12. The van der Waals surface area contributed by atoms with Gasteiger partial charge in [0.05, 0.1) is 0 Å². The van der Waals surface area contributed by atoms with Crippen LogP contribution >= 0.6 is 0 Å². The average molecular weight is 344 g/mol. The smallest absolute Gasteiger partial charge is 0.222 e. The maximum atomic E-state index is 12.6. The van der Waals surface area contributed by atoms with Crippen LogP contribution in [-0.2, 0) is 14.9 Å². The van der Waals surface area contributed by atoms with Crippen LogP contribution in [0, 0.1) is 0 Å². The average Bonchev–Trinajstić information content (AvgIpc) is 3.00. The molecule has 4 nitrogen and oxygen atoms in total. The van der Waals surface area contributed by atoms with E-state index in [0.717, 1.165) is 65.0 Å². The van der Waals surface area contributed by atoms with Gasteiger partial charge in [-0.2, -0.15) is 0 Å². The fourth-order valence-corrected chi connectivity index (χ4v) is 4.30. The van der Waals surface area contributed by atoms with Crippen molar-refractivity contribution in [3.63, 3.8) is 0 Å². The molecule has 0 radical (unpaired) electrons. The van der Waals surface area contributed by atoms with Gasteiger partial charge in [-0.3, -0.25) is 4.79 Å². The molecule has 2 saturated heterocycles. The molecule has 1 aromatic carbocycles. The Balaban J connectivity index is 1.72. The minimum atomic E-state index is 0.0502. The number of benzene rings is 1. The van der Waals surface area contributed by atoms with Crippen molar-refractivity contribution < 1.29 is 9.53 Å². The van der Waals surface area contributed by atoms with E-state index in [2.05, 4.69) is 47.5 Å². The van der Waals surface area contributed by atoms with Crippen molar-refractivity contribution in [1.29, 1.82) is 0 Å². The number of ether oxygens (including phenoxy) is 1. The minimum Gasteiger partial charge on any atom is -0.381 e. The molecule has 25 heavy (non-hydrogen) atoms. The number of carbonyl (C=O) groups is 1. The molecular formula is C21H32N2O2. The molecule has 1 atom stereocenters. The zero-order valence-corrected chi connectivity index (χ0v) is 15.5. The zero-order chi connectivity index (χ0) is 17.5. The third kappa shape index (κ3) is 4.42. The van der Waals surface area contributed by atoms with Crippen molar-refractivity contribution in [2.45, 2.75) is 56.9 Å². The number of nitrogens with zero attached hydrogens (tertiary/aromatic N) is 1. The summed E-state index contributed by atoms with van der Waals surface area (Å²) < 4.78 is 5.64. The molecule has 3 rings (SSSR count). The Labute approximate surface area is 151 Å². The van der Waals surface area contributed by atoms with Crippen LogP contribution in [0.5, 0.6) is 0 Å². The lowest BCUT2D eigenvalue weighted by Gasteiger charge is -2.42. The molecule has 0 saturated carbocycles. The van der Waals surface area contributed by atoms with Crippen LogP contribution in [-0.4, -0.2) is 49.7 Å². The number of amides is 1. The topological polar surface area (TPSA) is 41.6 Å². The molecule has 2 aliphatic heterocycles. The van der Waals surface area contributed by atoms with Gasteiger partial charge in [0.2, 0.25) is 5.91 Å². The van der Waals surface area contributed by atoms with Crippen molar-refractivity contribution in [1.82, 2.24) is 10.2 Å². The van der Waals surface area contributed by atoms with Gasteiger partial charge in [0.1, 0.15) is 0 Å². The molecule has 0 bridgehead atoms. The lowest BCUT2D eigenvalue weighted by molar-refractivity contribution is -0.130. The summed E-state index contributed by atoms with van der Waals surface area (Å²) in [6.07, 6.45) is 5.94. The van der Waals surface area contributed by atoms with Crippen LogP contribution in [0.3, 0.4) is 0 Å². The van der Waals surface area contributed by atoms with Crippen LogP contribution in [0.15, 0.2) is 30.3 Å². The Bertz CT molecular complexity index is 540. The summed E-state index contributed by atoms with van der Waals surface area (Å²) in [6, 6.07) is 11.1. The molecule has 0 aliphatic carbocycles. The van der Waals surface area contributed by atoms with Gasteiger partial charge in [0.25, 0.3) is 0 Å². The number of nitrogens with one attached hydrogen (secondary N) is 1. The molecule has 2 heterocycles. The summed E-state index contributed by atoms with van der Waals surface area (Å²) in [5.74, 6) is 0.335. The van der Waals surface area contributed by atoms with Crippen molar-refractivity contribution in [2.24, 2.45) is 0 Å². The van der Waals surface area contributed by atoms with Gasteiger partial charge in [0.15, 0.2) is 0 Å². The second-order valence-corrected chi connectivity index (χ2v) is 7.51. The molecule has 0 spiro atoms. The van der Waals surface area contributed by atoms with Crippen LogP contribution in [0.25, 0.3) is 0 Å². The van der Waals surface area contributed by atoms with Gasteiger partial charge >= 0.3 is 0 Å². The normalized spacial score (nSPS) is 23.2. The Morgan fingerprint density at radius 3 is 2.68 bits per heavy atom. The molecule has 138 valence electrons. The van der Waals surface area contributed by atoms with Crippen molar-refractivity contribution in [2.75, 3.05) is 32.8 Å². The molecule has 0 aromatic heterocycles. The largest absolute Gasteiger partial charge is 0.381 e. The van der Waals surface area contributed by atoms with Gasteiger partial charge < -0.3 is 15.0 Å². The summed E-state index contributed by atoms with van der Waals surface area (Å²) in [7, 11) is 0. The number of rotatable bonds is 8. The quantitative estimate of drug-likeness (QED) is 0.737. The van der Waals surface area contributed by atoms with Gasteiger partial charge in [-0.25, -0.2) is 0 Å². The summed E-state index contributed by atoms with van der Waals surface area (Å²) in [4.78, 5) is 14.8. The summed E-state index contributed by atoms with van der Waals surface area (Å²) in [5.41, 5.74) is 1.41. The summed E-state index contributed by atoms with van der Waals surface area (Å²) in [5, 5.41) is 3.48. The van der Waals surface area contributed by atoms with Gasteiger partial charge in [0, 0.05) is 37.6 Å². The molecule has 2 fully saturated rings. The second-order valence-electron chi connectivity index (χ2n) is 7.51. The Morgan fingerprint density at radius 2 is 1.96 bits per heavy atom. The van der Waals surface area contributed by atoms with Crippen LogP contribution < -0.4 is 5.32 Å². The van der Waals surface area contributed by atoms with Gasteiger partial charge in [-0.15, -0.1) is 0 Å². The van der Waals surface area contributed by atoms with E-state index in [1.54, 1.807) is 0 Å². The third-order valence-corrected chi connectivity index (χ3v) is 5.84. The molecule has 0 unspecified atom stereocenters. The first kappa shape index (κ1) is 18.4. The minimum absolute atomic E-state index is 0.0502. The predicted molar refractivity (Wildman–Crippen MR) is 101 cm³/mol. The Kier molecular flexibility index (Phi) is 6.49. The number of hydrogen-bond donors (Lipinski definition) is 1. The van der Waals surface area contributed by atoms with Gasteiger partial charge in [-0.1, -0.05) is 37.3 Å². The van der Waals surface area contributed by atoms with Crippen molar-refractivity contribution in [3.8, 4) is 0 Å². The molecule has 1 amide bonds. The third-order valence-electron chi connectivity index (χ3n) is 5.84. The summed E-state index contributed by atoms with van der Waals surface area (Å²) >= 11 is 0. The Morgan fingerprint density at radius 1 is 1.20 bits per heavy atom. The highest BCUT2D eigenvalue weighted by Gasteiger charge is 2.41. The highest BCUT2D eigenvalue weighted by Crippen LogP contribution is 2.38. The van der Waals surface area contributed by atoms with E-state index in [0.29, 0.717) is 18.4 Å². The maximum absolute atomic E-state index is 12.6. The van der Waals surface area contributed by atoms with E-state index >= 15 is 0 Å². The van der Waals surface area contributed by atoms with E-state index in [-0.39, 0.29) is 5.41 Å². The number of likely N-dealkylation sites (tertiary alicyclic amines) is 1. The molecule has 1 N–H and O–H groups in total. The number of carbonyl (C=O) groups excluding carboxylic acids is 1. The van der Waals surface area contributed by atoms with Crippen LogP contribution in [0.1, 0.15) is 51.0 Å². The Hall–Kier alpha value is -1.39. The van der Waals surface area contributed by atoms with E-state index in [1.807, 2.05) is 0 Å². The van der Waals surface area contributed by atoms with Crippen molar-refractivity contribution >= 4 is 5.91 Å². The van der Waals surface area contributed by atoms with Crippen molar-refractivity contribution in [3.05, 3.63) is 35.9 Å². The van der Waals surface area contributed by atoms with E-state index < -0.39 is 0 Å². The number of hydrogen-bond acceptors (Lipinski definition) is 3. The first-order valence-electron chi connectivity index (χ1n) is 9.89.